The van der Waals surface area contributed by atoms with Crippen molar-refractivity contribution < 1.29 is 13.2 Å². The summed E-state index contributed by atoms with van der Waals surface area (Å²) < 4.78 is 27.4. The Bertz CT molecular complexity index is 821. The standard InChI is InChI=1S/C16H19N3O3S2/c1-11(2)14(13-6-4-9-23-13)17-16(20)12-5-3-7-19-8-10-24(21,22)18-15(12)19/h3-7,9,11,14H,8,10H2,1-2H3,(H,17,20)/t14-/m1/s1. The third kappa shape index (κ3) is 3.44. The number of fused-ring (bicyclic) bond motifs is 1. The number of rotatable bonds is 4. The predicted octanol–water partition coefficient (Wildman–Crippen LogP) is 2.06. The lowest BCUT2D eigenvalue weighted by atomic mass is 10.0. The molecule has 0 saturated carbocycles. The van der Waals surface area contributed by atoms with Crippen molar-refractivity contribution >= 4 is 33.1 Å². The predicted molar refractivity (Wildman–Crippen MR) is 95.2 cm³/mol. The summed E-state index contributed by atoms with van der Waals surface area (Å²) in [6.45, 7) is 4.38. The third-order valence-electron chi connectivity index (χ3n) is 3.91. The number of amidine groups is 1. The summed E-state index contributed by atoms with van der Waals surface area (Å²) in [5.74, 6) is 0.0576. The fourth-order valence-corrected chi connectivity index (χ4v) is 4.58. The molecule has 3 heterocycles. The maximum absolute atomic E-state index is 12.8. The van der Waals surface area contributed by atoms with Gasteiger partial charge in [-0.2, -0.15) is 0 Å². The van der Waals surface area contributed by atoms with Gasteiger partial charge in [0.05, 0.1) is 17.4 Å². The van der Waals surface area contributed by atoms with E-state index in [1.807, 2.05) is 31.4 Å². The average molecular weight is 365 g/mol. The quantitative estimate of drug-likeness (QED) is 0.886. The molecule has 8 heteroatoms. The van der Waals surface area contributed by atoms with E-state index in [4.69, 9.17) is 0 Å². The molecule has 0 spiro atoms. The van der Waals surface area contributed by atoms with Gasteiger partial charge in [0.25, 0.3) is 15.9 Å². The number of allylic oxidation sites excluding steroid dienone is 2. The highest BCUT2D eigenvalue weighted by atomic mass is 32.2. The second kappa shape index (κ2) is 6.52. The number of amides is 1. The molecule has 0 aromatic carbocycles. The lowest BCUT2D eigenvalue weighted by molar-refractivity contribution is -0.118. The first-order valence-corrected chi connectivity index (χ1v) is 10.2. The van der Waals surface area contributed by atoms with Crippen LogP contribution in [-0.2, 0) is 14.8 Å². The van der Waals surface area contributed by atoms with E-state index in [0.29, 0.717) is 6.54 Å². The van der Waals surface area contributed by atoms with Gasteiger partial charge in [0.15, 0.2) is 5.84 Å². The average Bonchev–Trinajstić information content (AvgIpc) is 3.04. The molecule has 0 bridgehead atoms. The highest BCUT2D eigenvalue weighted by Gasteiger charge is 2.31. The third-order valence-corrected chi connectivity index (χ3v) is 6.01. The van der Waals surface area contributed by atoms with E-state index < -0.39 is 10.0 Å². The molecule has 0 saturated heterocycles. The molecule has 1 atom stereocenters. The van der Waals surface area contributed by atoms with Gasteiger partial charge in [-0.05, 0) is 29.5 Å². The van der Waals surface area contributed by atoms with Crippen LogP contribution in [0, 0.1) is 5.92 Å². The Morgan fingerprint density at radius 1 is 1.42 bits per heavy atom. The lowest BCUT2D eigenvalue weighted by Gasteiger charge is -2.30. The van der Waals surface area contributed by atoms with Gasteiger partial charge in [0.2, 0.25) is 0 Å². The van der Waals surface area contributed by atoms with Crippen LogP contribution in [0.2, 0.25) is 0 Å². The SMILES string of the molecule is CC(C)[C@@H](NC(=O)C1=CC=CN2CCS(=O)(=O)N=C12)c1cccs1. The molecule has 2 aliphatic rings. The van der Waals surface area contributed by atoms with Gasteiger partial charge in [-0.25, -0.2) is 8.42 Å². The highest BCUT2D eigenvalue weighted by Crippen LogP contribution is 2.27. The van der Waals surface area contributed by atoms with Crippen molar-refractivity contribution in [3.05, 3.63) is 46.3 Å². The zero-order chi connectivity index (χ0) is 17.3. The second-order valence-corrected chi connectivity index (χ2v) is 8.76. The monoisotopic (exact) mass is 365 g/mol. The first-order chi connectivity index (χ1) is 11.4. The van der Waals surface area contributed by atoms with Crippen molar-refractivity contribution in [2.24, 2.45) is 10.3 Å². The van der Waals surface area contributed by atoms with Gasteiger partial charge >= 0.3 is 0 Å². The molecule has 6 nitrogen and oxygen atoms in total. The number of nitrogens with one attached hydrogen (secondary N) is 1. The Kier molecular flexibility index (Phi) is 4.60. The van der Waals surface area contributed by atoms with Gasteiger partial charge in [-0.15, -0.1) is 15.7 Å². The van der Waals surface area contributed by atoms with E-state index >= 15 is 0 Å². The normalized spacial score (nSPS) is 20.2. The van der Waals surface area contributed by atoms with Crippen LogP contribution in [0.1, 0.15) is 24.8 Å². The van der Waals surface area contributed by atoms with Crippen LogP contribution >= 0.6 is 11.3 Å². The van der Waals surface area contributed by atoms with Crippen molar-refractivity contribution in [3.8, 4) is 0 Å². The molecule has 128 valence electrons. The molecule has 1 amide bonds. The molecule has 0 fully saturated rings. The summed E-state index contributed by atoms with van der Waals surface area (Å²) in [6.07, 6.45) is 5.09. The minimum atomic E-state index is -3.51. The summed E-state index contributed by atoms with van der Waals surface area (Å²) in [7, 11) is -3.51. The molecule has 3 rings (SSSR count). The van der Waals surface area contributed by atoms with E-state index in [1.165, 1.54) is 0 Å². The summed E-state index contributed by atoms with van der Waals surface area (Å²) in [5.41, 5.74) is 0.281. The summed E-state index contributed by atoms with van der Waals surface area (Å²) >= 11 is 1.59. The zero-order valence-electron chi connectivity index (χ0n) is 13.5. The molecular formula is C16H19N3O3S2. The number of hydrogen-bond donors (Lipinski definition) is 1. The van der Waals surface area contributed by atoms with Gasteiger partial charge in [0, 0.05) is 17.6 Å². The van der Waals surface area contributed by atoms with Gasteiger partial charge in [-0.3, -0.25) is 4.79 Å². The van der Waals surface area contributed by atoms with Crippen LogP contribution in [0.3, 0.4) is 0 Å². The van der Waals surface area contributed by atoms with E-state index in [0.717, 1.165) is 4.88 Å². The van der Waals surface area contributed by atoms with Crippen LogP contribution in [-0.4, -0.2) is 37.4 Å². The van der Waals surface area contributed by atoms with Crippen LogP contribution in [0.4, 0.5) is 0 Å². The van der Waals surface area contributed by atoms with Crippen LogP contribution in [0.5, 0.6) is 0 Å². The number of carbonyl (C=O) groups excluding carboxylic acids is 1. The number of thiophene rings is 1. The maximum atomic E-state index is 12.8. The van der Waals surface area contributed by atoms with Gasteiger partial charge in [0.1, 0.15) is 0 Å². The zero-order valence-corrected chi connectivity index (χ0v) is 15.1. The van der Waals surface area contributed by atoms with Crippen molar-refractivity contribution in [3.63, 3.8) is 0 Å². The molecule has 1 N–H and O–H groups in total. The summed E-state index contributed by atoms with van der Waals surface area (Å²) in [6, 6.07) is 3.81. The molecule has 2 aliphatic heterocycles. The molecule has 1 aromatic rings. The summed E-state index contributed by atoms with van der Waals surface area (Å²) in [5, 5.41) is 4.99. The smallest absolute Gasteiger partial charge is 0.256 e. The Morgan fingerprint density at radius 2 is 2.21 bits per heavy atom. The largest absolute Gasteiger partial charge is 0.344 e. The topological polar surface area (TPSA) is 78.8 Å². The number of hydrogen-bond acceptors (Lipinski definition) is 5. The molecule has 0 aliphatic carbocycles. The van der Waals surface area contributed by atoms with Crippen LogP contribution < -0.4 is 5.32 Å². The first-order valence-electron chi connectivity index (χ1n) is 7.70. The van der Waals surface area contributed by atoms with E-state index in [-0.39, 0.29) is 35.0 Å². The molecule has 1 aromatic heterocycles. The maximum Gasteiger partial charge on any atom is 0.256 e. The minimum absolute atomic E-state index is 0.0421. The lowest BCUT2D eigenvalue weighted by Crippen LogP contribution is -2.43. The second-order valence-electron chi connectivity index (χ2n) is 6.03. The van der Waals surface area contributed by atoms with Crippen LogP contribution in [0.15, 0.2) is 45.8 Å². The highest BCUT2D eigenvalue weighted by molar-refractivity contribution is 7.90. The Labute approximate surface area is 145 Å². The molecule has 24 heavy (non-hydrogen) atoms. The summed E-state index contributed by atoms with van der Waals surface area (Å²) in [4.78, 5) is 15.5. The van der Waals surface area contributed by atoms with Crippen molar-refractivity contribution in [1.82, 2.24) is 10.2 Å². The fourth-order valence-electron chi connectivity index (χ4n) is 2.65. The Hall–Kier alpha value is -1.93. The molecule has 0 unspecified atom stereocenters. The number of nitrogens with zero attached hydrogens (tertiary/aromatic N) is 2. The van der Waals surface area contributed by atoms with E-state index in [9.17, 15) is 13.2 Å². The molecule has 0 radical (unpaired) electrons. The van der Waals surface area contributed by atoms with E-state index in [2.05, 4.69) is 9.71 Å². The van der Waals surface area contributed by atoms with Crippen molar-refractivity contribution in [2.75, 3.05) is 12.3 Å². The van der Waals surface area contributed by atoms with Crippen molar-refractivity contribution in [1.29, 1.82) is 0 Å². The molecular weight excluding hydrogens is 346 g/mol. The fraction of sp³-hybridized carbons (Fsp3) is 0.375. The van der Waals surface area contributed by atoms with Gasteiger partial charge < -0.3 is 10.2 Å². The van der Waals surface area contributed by atoms with Crippen LogP contribution in [0.25, 0.3) is 0 Å². The first kappa shape index (κ1) is 16.9. The number of carbonyl (C=O) groups is 1. The van der Waals surface area contributed by atoms with E-state index in [1.54, 1.807) is 34.6 Å². The van der Waals surface area contributed by atoms with Crippen molar-refractivity contribution in [2.45, 2.75) is 19.9 Å². The Balaban J connectivity index is 1.87. The number of sulfonamides is 1. The minimum Gasteiger partial charge on any atom is -0.344 e. The Morgan fingerprint density at radius 3 is 2.88 bits per heavy atom. The van der Waals surface area contributed by atoms with Gasteiger partial charge in [-0.1, -0.05) is 19.9 Å².